The van der Waals surface area contributed by atoms with E-state index >= 15 is 0 Å². The summed E-state index contributed by atoms with van der Waals surface area (Å²) in [6.07, 6.45) is 1.39. The molecular formula is C22H23ClN4O3S2. The van der Waals surface area contributed by atoms with Crippen LogP contribution in [0, 0.1) is 0 Å². The van der Waals surface area contributed by atoms with Gasteiger partial charge >= 0.3 is 0 Å². The SMILES string of the molecule is C[C@H]1CN(S(=O)(=O)c2cccc(-c3csc(N/N=C/c4ccc(Cl)cc4)n3)c2)C[C@H](C)O1. The van der Waals surface area contributed by atoms with Gasteiger partial charge < -0.3 is 4.74 Å². The van der Waals surface area contributed by atoms with Crippen molar-refractivity contribution in [3.8, 4) is 11.3 Å². The molecule has 2 aromatic carbocycles. The lowest BCUT2D eigenvalue weighted by Crippen LogP contribution is -2.48. The molecule has 0 saturated carbocycles. The van der Waals surface area contributed by atoms with Gasteiger partial charge in [-0.1, -0.05) is 35.9 Å². The lowest BCUT2D eigenvalue weighted by molar-refractivity contribution is -0.0440. The van der Waals surface area contributed by atoms with E-state index in [0.29, 0.717) is 28.9 Å². The molecule has 1 N–H and O–H groups in total. The van der Waals surface area contributed by atoms with Crippen LogP contribution in [0.2, 0.25) is 5.02 Å². The van der Waals surface area contributed by atoms with Gasteiger partial charge in [0.1, 0.15) is 0 Å². The summed E-state index contributed by atoms with van der Waals surface area (Å²) in [5.74, 6) is 0. The van der Waals surface area contributed by atoms with Crippen LogP contribution in [-0.2, 0) is 14.8 Å². The second kappa shape index (κ2) is 9.68. The summed E-state index contributed by atoms with van der Waals surface area (Å²) in [6, 6.07) is 14.2. The second-order valence-corrected chi connectivity index (χ2v) is 10.8. The third-order valence-corrected chi connectivity index (χ3v) is 7.73. The van der Waals surface area contributed by atoms with Crippen molar-refractivity contribution >= 4 is 44.3 Å². The van der Waals surface area contributed by atoms with Crippen LogP contribution in [0.3, 0.4) is 0 Å². The minimum atomic E-state index is -3.62. The zero-order valence-electron chi connectivity index (χ0n) is 17.6. The van der Waals surface area contributed by atoms with Crippen molar-refractivity contribution < 1.29 is 13.2 Å². The Balaban J connectivity index is 1.49. The molecule has 4 rings (SSSR count). The molecule has 0 amide bonds. The molecule has 7 nitrogen and oxygen atoms in total. The van der Waals surface area contributed by atoms with Gasteiger partial charge in [-0.2, -0.15) is 9.41 Å². The van der Waals surface area contributed by atoms with E-state index in [1.807, 2.05) is 37.4 Å². The van der Waals surface area contributed by atoms with E-state index in [0.717, 1.165) is 11.1 Å². The molecule has 2 atom stereocenters. The first-order valence-corrected chi connectivity index (χ1v) is 12.8. The van der Waals surface area contributed by atoms with E-state index in [9.17, 15) is 8.42 Å². The number of thiazole rings is 1. The Bertz CT molecular complexity index is 1200. The number of hydrogen-bond donors (Lipinski definition) is 1. The second-order valence-electron chi connectivity index (χ2n) is 7.57. The molecule has 0 aliphatic carbocycles. The van der Waals surface area contributed by atoms with Crippen LogP contribution < -0.4 is 5.43 Å². The zero-order valence-corrected chi connectivity index (χ0v) is 20.0. The van der Waals surface area contributed by atoms with Gasteiger partial charge in [0.15, 0.2) is 0 Å². The summed E-state index contributed by atoms with van der Waals surface area (Å²) in [6.45, 7) is 4.45. The van der Waals surface area contributed by atoms with Crippen molar-refractivity contribution in [3.05, 3.63) is 64.5 Å². The van der Waals surface area contributed by atoms with Crippen molar-refractivity contribution in [2.75, 3.05) is 18.5 Å². The number of sulfonamides is 1. The minimum Gasteiger partial charge on any atom is -0.373 e. The highest BCUT2D eigenvalue weighted by molar-refractivity contribution is 7.89. The largest absolute Gasteiger partial charge is 0.373 e. The van der Waals surface area contributed by atoms with Gasteiger partial charge in [-0.15, -0.1) is 11.3 Å². The van der Waals surface area contributed by atoms with Crippen molar-refractivity contribution in [3.63, 3.8) is 0 Å². The van der Waals surface area contributed by atoms with Gasteiger partial charge in [0.05, 0.1) is 29.0 Å². The number of hydrazone groups is 1. The smallest absolute Gasteiger partial charge is 0.243 e. The van der Waals surface area contributed by atoms with E-state index in [4.69, 9.17) is 16.3 Å². The Morgan fingerprint density at radius 3 is 2.62 bits per heavy atom. The first-order valence-electron chi connectivity index (χ1n) is 10.1. The molecule has 1 aromatic heterocycles. The minimum absolute atomic E-state index is 0.141. The van der Waals surface area contributed by atoms with Gasteiger partial charge in [-0.3, -0.25) is 5.43 Å². The van der Waals surface area contributed by atoms with Gasteiger partial charge in [0.25, 0.3) is 0 Å². The number of rotatable bonds is 6. The molecule has 168 valence electrons. The topological polar surface area (TPSA) is 83.9 Å². The van der Waals surface area contributed by atoms with Crippen LogP contribution >= 0.6 is 22.9 Å². The van der Waals surface area contributed by atoms with Crippen molar-refractivity contribution in [2.24, 2.45) is 5.10 Å². The fourth-order valence-electron chi connectivity index (χ4n) is 3.46. The molecular weight excluding hydrogens is 468 g/mol. The maximum absolute atomic E-state index is 13.2. The molecule has 0 unspecified atom stereocenters. The first kappa shape index (κ1) is 22.9. The molecule has 0 radical (unpaired) electrons. The number of benzene rings is 2. The Labute approximate surface area is 196 Å². The van der Waals surface area contributed by atoms with Crippen molar-refractivity contribution in [1.29, 1.82) is 0 Å². The Morgan fingerprint density at radius 2 is 1.91 bits per heavy atom. The van der Waals surface area contributed by atoms with Crippen molar-refractivity contribution in [1.82, 2.24) is 9.29 Å². The Kier molecular flexibility index (Phi) is 6.92. The maximum atomic E-state index is 13.2. The summed E-state index contributed by atoms with van der Waals surface area (Å²) in [5.41, 5.74) is 5.22. The number of anilines is 1. The normalized spacial score (nSPS) is 20.0. The lowest BCUT2D eigenvalue weighted by Gasteiger charge is -2.34. The van der Waals surface area contributed by atoms with Crippen LogP contribution in [-0.4, -0.2) is 49.2 Å². The summed E-state index contributed by atoms with van der Waals surface area (Å²) < 4.78 is 33.5. The van der Waals surface area contributed by atoms with Crippen LogP contribution in [0.4, 0.5) is 5.13 Å². The summed E-state index contributed by atoms with van der Waals surface area (Å²) in [5, 5.41) is 7.34. The summed E-state index contributed by atoms with van der Waals surface area (Å²) >= 11 is 7.27. The number of morpholine rings is 1. The predicted octanol–water partition coefficient (Wildman–Crippen LogP) is 4.71. The first-order chi connectivity index (χ1) is 15.3. The molecule has 3 aromatic rings. The van der Waals surface area contributed by atoms with Gasteiger partial charge in [0, 0.05) is 29.1 Å². The van der Waals surface area contributed by atoms with Crippen LogP contribution in [0.1, 0.15) is 19.4 Å². The van der Waals surface area contributed by atoms with Crippen LogP contribution in [0.5, 0.6) is 0 Å². The number of nitrogens with one attached hydrogen (secondary N) is 1. The molecule has 1 saturated heterocycles. The maximum Gasteiger partial charge on any atom is 0.243 e. The standard InChI is InChI=1S/C22H23ClN4O3S2/c1-15-12-27(13-16(2)30-15)32(28,29)20-5-3-4-18(10-20)21-14-31-22(25-21)26-24-11-17-6-8-19(23)9-7-17/h3-11,14-16H,12-13H2,1-2H3,(H,25,26)/b24-11+/t15-,16-/m0/s1. The number of ether oxygens (including phenoxy) is 1. The molecule has 10 heteroatoms. The number of nitrogens with zero attached hydrogens (tertiary/aromatic N) is 3. The van der Waals surface area contributed by atoms with E-state index in [2.05, 4.69) is 15.5 Å². The molecule has 1 aliphatic heterocycles. The number of aromatic nitrogens is 1. The van der Waals surface area contributed by atoms with E-state index < -0.39 is 10.0 Å². The molecule has 0 spiro atoms. The Hall–Kier alpha value is -2.30. The molecule has 1 fully saturated rings. The predicted molar refractivity (Wildman–Crippen MR) is 129 cm³/mol. The molecule has 1 aliphatic rings. The van der Waals surface area contributed by atoms with E-state index in [1.54, 1.807) is 36.5 Å². The zero-order chi connectivity index (χ0) is 22.7. The molecule has 0 bridgehead atoms. The van der Waals surface area contributed by atoms with Crippen LogP contribution in [0.15, 0.2) is 63.9 Å². The quantitative estimate of drug-likeness (QED) is 0.399. The highest BCUT2D eigenvalue weighted by atomic mass is 35.5. The summed E-state index contributed by atoms with van der Waals surface area (Å²) in [7, 11) is -3.62. The number of hydrogen-bond acceptors (Lipinski definition) is 7. The monoisotopic (exact) mass is 490 g/mol. The van der Waals surface area contributed by atoms with Gasteiger partial charge in [-0.25, -0.2) is 13.4 Å². The average molecular weight is 491 g/mol. The summed E-state index contributed by atoms with van der Waals surface area (Å²) in [4.78, 5) is 4.78. The Morgan fingerprint density at radius 1 is 1.19 bits per heavy atom. The third-order valence-electron chi connectivity index (χ3n) is 4.90. The van der Waals surface area contributed by atoms with Crippen LogP contribution in [0.25, 0.3) is 11.3 Å². The lowest BCUT2D eigenvalue weighted by atomic mass is 10.2. The third kappa shape index (κ3) is 5.36. The van der Waals surface area contributed by atoms with Gasteiger partial charge in [0.2, 0.25) is 15.2 Å². The molecule has 32 heavy (non-hydrogen) atoms. The highest BCUT2D eigenvalue weighted by Gasteiger charge is 2.32. The van der Waals surface area contributed by atoms with Gasteiger partial charge in [-0.05, 0) is 43.7 Å². The average Bonchev–Trinajstić information content (AvgIpc) is 3.23. The van der Waals surface area contributed by atoms with E-state index in [1.165, 1.54) is 15.6 Å². The van der Waals surface area contributed by atoms with Crippen molar-refractivity contribution in [2.45, 2.75) is 31.0 Å². The van der Waals surface area contributed by atoms with E-state index in [-0.39, 0.29) is 17.1 Å². The highest BCUT2D eigenvalue weighted by Crippen LogP contribution is 2.28. The number of halogens is 1. The fourth-order valence-corrected chi connectivity index (χ4v) is 5.89. The fraction of sp³-hybridized carbons (Fsp3) is 0.273. The molecule has 2 heterocycles.